The van der Waals surface area contributed by atoms with Crippen LogP contribution in [0.25, 0.3) is 0 Å². The zero-order valence-electron chi connectivity index (χ0n) is 15.2. The van der Waals surface area contributed by atoms with Crippen molar-refractivity contribution < 1.29 is 28.6 Å². The number of carbonyl (C=O) groups is 3. The number of ketones is 1. The Balaban J connectivity index is 1.84. The van der Waals surface area contributed by atoms with Crippen LogP contribution in [0.3, 0.4) is 0 Å². The molecule has 142 valence electrons. The summed E-state index contributed by atoms with van der Waals surface area (Å²) in [6.07, 6.45) is 0. The predicted octanol–water partition coefficient (Wildman–Crippen LogP) is 2.25. The van der Waals surface area contributed by atoms with Crippen LogP contribution in [0, 0.1) is 0 Å². The quantitative estimate of drug-likeness (QED) is 0.537. The van der Waals surface area contributed by atoms with Gasteiger partial charge >= 0.3 is 5.97 Å². The molecule has 0 bridgehead atoms. The van der Waals surface area contributed by atoms with Crippen LogP contribution in [-0.2, 0) is 9.53 Å². The number of esters is 1. The number of amides is 1. The van der Waals surface area contributed by atoms with E-state index in [-0.39, 0.29) is 12.3 Å². The van der Waals surface area contributed by atoms with Gasteiger partial charge in [-0.3, -0.25) is 14.4 Å². The van der Waals surface area contributed by atoms with Gasteiger partial charge in [-0.15, -0.1) is 0 Å². The van der Waals surface area contributed by atoms with E-state index in [1.165, 1.54) is 7.11 Å². The summed E-state index contributed by atoms with van der Waals surface area (Å²) in [4.78, 5) is 36.1. The maximum atomic E-state index is 12.2. The second-order valence-corrected chi connectivity index (χ2v) is 5.43. The Morgan fingerprint density at radius 3 is 2.56 bits per heavy atom. The highest BCUT2D eigenvalue weighted by Gasteiger charge is 2.15. The van der Waals surface area contributed by atoms with Crippen LogP contribution in [-0.4, -0.2) is 44.5 Å². The molecule has 0 atom stereocenters. The van der Waals surface area contributed by atoms with E-state index < -0.39 is 18.5 Å². The summed E-state index contributed by atoms with van der Waals surface area (Å²) in [6.45, 7) is 1.45. The number of ether oxygens (including phenoxy) is 3. The first kappa shape index (κ1) is 20.0. The molecule has 0 aliphatic rings. The van der Waals surface area contributed by atoms with E-state index in [1.807, 2.05) is 6.92 Å². The molecule has 2 aromatic carbocycles. The van der Waals surface area contributed by atoms with Crippen LogP contribution >= 0.6 is 0 Å². The second kappa shape index (κ2) is 9.96. The van der Waals surface area contributed by atoms with Gasteiger partial charge < -0.3 is 19.5 Å². The van der Waals surface area contributed by atoms with Crippen LogP contribution in [0.5, 0.6) is 11.5 Å². The van der Waals surface area contributed by atoms with Gasteiger partial charge in [0, 0.05) is 5.56 Å². The van der Waals surface area contributed by atoms with Crippen molar-refractivity contribution >= 4 is 17.7 Å². The summed E-state index contributed by atoms with van der Waals surface area (Å²) in [6, 6.07) is 13.3. The van der Waals surface area contributed by atoms with Gasteiger partial charge in [0.2, 0.25) is 0 Å². The molecule has 0 heterocycles. The molecule has 0 aromatic heterocycles. The maximum Gasteiger partial charge on any atom is 0.325 e. The molecule has 0 saturated carbocycles. The van der Waals surface area contributed by atoms with Crippen molar-refractivity contribution in [2.75, 3.05) is 26.9 Å². The van der Waals surface area contributed by atoms with Crippen molar-refractivity contribution in [2.45, 2.75) is 6.92 Å². The molecule has 0 fully saturated rings. The Hall–Kier alpha value is -3.35. The molecule has 0 aliphatic carbocycles. The fourth-order valence-electron chi connectivity index (χ4n) is 2.26. The minimum atomic E-state index is -0.714. The lowest BCUT2D eigenvalue weighted by atomic mass is 10.1. The first-order valence-electron chi connectivity index (χ1n) is 8.38. The van der Waals surface area contributed by atoms with Gasteiger partial charge in [0.15, 0.2) is 12.4 Å². The molecule has 2 aromatic rings. The summed E-state index contributed by atoms with van der Waals surface area (Å²) in [5.41, 5.74) is 0.691. The molecule has 0 saturated heterocycles. The molecule has 2 rings (SSSR count). The molecule has 0 spiro atoms. The van der Waals surface area contributed by atoms with Crippen LogP contribution in [0.1, 0.15) is 27.6 Å². The Kier molecular flexibility index (Phi) is 7.37. The summed E-state index contributed by atoms with van der Waals surface area (Å²) < 4.78 is 15.3. The second-order valence-electron chi connectivity index (χ2n) is 5.43. The van der Waals surface area contributed by atoms with E-state index in [2.05, 4.69) is 5.32 Å². The first-order chi connectivity index (χ1) is 13.0. The van der Waals surface area contributed by atoms with Crippen molar-refractivity contribution in [3.05, 3.63) is 59.7 Å². The smallest absolute Gasteiger partial charge is 0.325 e. The fourth-order valence-corrected chi connectivity index (χ4v) is 2.26. The Morgan fingerprint density at radius 1 is 1.04 bits per heavy atom. The number of Topliss-reactive ketones (excluding diaryl/α,β-unsaturated/α-hetero) is 1. The molecule has 1 N–H and O–H groups in total. The third-order valence-corrected chi connectivity index (χ3v) is 3.58. The maximum absolute atomic E-state index is 12.2. The Bertz CT molecular complexity index is 818. The molecular formula is C20H21NO6. The first-order valence-corrected chi connectivity index (χ1v) is 8.38. The molecule has 27 heavy (non-hydrogen) atoms. The average molecular weight is 371 g/mol. The van der Waals surface area contributed by atoms with Crippen molar-refractivity contribution in [3.8, 4) is 11.5 Å². The molecule has 1 amide bonds. The third-order valence-electron chi connectivity index (χ3n) is 3.58. The van der Waals surface area contributed by atoms with Gasteiger partial charge in [-0.05, 0) is 31.2 Å². The average Bonchev–Trinajstić information content (AvgIpc) is 2.70. The fraction of sp³-hybridized carbons (Fsp3) is 0.250. The number of hydrogen-bond acceptors (Lipinski definition) is 6. The Labute approximate surface area is 157 Å². The lowest BCUT2D eigenvalue weighted by molar-refractivity contribution is -0.141. The number of methoxy groups -OCH3 is 1. The highest BCUT2D eigenvalue weighted by atomic mass is 16.5. The number of benzene rings is 2. The summed E-state index contributed by atoms with van der Waals surface area (Å²) >= 11 is 0. The minimum absolute atomic E-state index is 0.319. The number of nitrogens with one attached hydrogen (secondary N) is 1. The summed E-state index contributed by atoms with van der Waals surface area (Å²) in [5.74, 6) is -0.578. The highest BCUT2D eigenvalue weighted by Crippen LogP contribution is 2.17. The monoisotopic (exact) mass is 371 g/mol. The summed E-state index contributed by atoms with van der Waals surface area (Å²) in [5, 5.41) is 2.45. The van der Waals surface area contributed by atoms with Gasteiger partial charge in [-0.1, -0.05) is 24.3 Å². The molecular weight excluding hydrogens is 350 g/mol. The highest BCUT2D eigenvalue weighted by molar-refractivity contribution is 5.99. The molecule has 0 unspecified atom stereocenters. The van der Waals surface area contributed by atoms with Crippen LogP contribution < -0.4 is 14.8 Å². The van der Waals surface area contributed by atoms with E-state index >= 15 is 0 Å². The van der Waals surface area contributed by atoms with Gasteiger partial charge in [-0.25, -0.2) is 0 Å². The van der Waals surface area contributed by atoms with E-state index in [0.29, 0.717) is 29.2 Å². The zero-order valence-corrected chi connectivity index (χ0v) is 15.2. The Morgan fingerprint density at radius 2 is 1.81 bits per heavy atom. The van der Waals surface area contributed by atoms with Crippen molar-refractivity contribution in [3.63, 3.8) is 0 Å². The predicted molar refractivity (Wildman–Crippen MR) is 98.2 cm³/mol. The van der Waals surface area contributed by atoms with Crippen LogP contribution in [0.2, 0.25) is 0 Å². The third kappa shape index (κ3) is 5.85. The largest absolute Gasteiger partial charge is 0.497 e. The van der Waals surface area contributed by atoms with E-state index in [9.17, 15) is 14.4 Å². The van der Waals surface area contributed by atoms with Crippen molar-refractivity contribution in [1.29, 1.82) is 0 Å². The lowest BCUT2D eigenvalue weighted by Gasteiger charge is -2.10. The number of para-hydroxylation sites is 1. The minimum Gasteiger partial charge on any atom is -0.497 e. The lowest BCUT2D eigenvalue weighted by Crippen LogP contribution is -2.31. The van der Waals surface area contributed by atoms with E-state index in [0.717, 1.165) is 0 Å². The zero-order chi connectivity index (χ0) is 19.6. The molecule has 0 aliphatic heterocycles. The van der Waals surface area contributed by atoms with Gasteiger partial charge in [0.05, 0.1) is 19.3 Å². The standard InChI is InChI=1S/C20H21NO6/c1-3-26-18-10-5-4-9-16(18)20(24)21-12-19(23)27-13-17(22)14-7-6-8-15(11-14)25-2/h4-11H,3,12-13H2,1-2H3,(H,21,24). The van der Waals surface area contributed by atoms with Crippen molar-refractivity contribution in [1.82, 2.24) is 5.32 Å². The molecule has 7 nitrogen and oxygen atoms in total. The SMILES string of the molecule is CCOc1ccccc1C(=O)NCC(=O)OCC(=O)c1cccc(OC)c1. The molecule has 7 heteroatoms. The van der Waals surface area contributed by atoms with Crippen molar-refractivity contribution in [2.24, 2.45) is 0 Å². The summed E-state index contributed by atoms with van der Waals surface area (Å²) in [7, 11) is 1.50. The van der Waals surface area contributed by atoms with E-state index in [4.69, 9.17) is 14.2 Å². The van der Waals surface area contributed by atoms with Gasteiger partial charge in [-0.2, -0.15) is 0 Å². The van der Waals surface area contributed by atoms with Gasteiger partial charge in [0.1, 0.15) is 18.0 Å². The number of hydrogen-bond donors (Lipinski definition) is 1. The van der Waals surface area contributed by atoms with Crippen LogP contribution in [0.4, 0.5) is 0 Å². The topological polar surface area (TPSA) is 90.9 Å². The normalized spacial score (nSPS) is 10.0. The number of rotatable bonds is 9. The van der Waals surface area contributed by atoms with Gasteiger partial charge in [0.25, 0.3) is 5.91 Å². The van der Waals surface area contributed by atoms with Crippen LogP contribution in [0.15, 0.2) is 48.5 Å². The molecule has 0 radical (unpaired) electrons. The number of carbonyl (C=O) groups excluding carboxylic acids is 3. The van der Waals surface area contributed by atoms with E-state index in [1.54, 1.807) is 48.5 Å².